The first kappa shape index (κ1) is 25.1. The molecule has 2 N–H and O–H groups in total. The van der Waals surface area contributed by atoms with Gasteiger partial charge < -0.3 is 34.3 Å². The molecule has 0 fully saturated rings. The predicted molar refractivity (Wildman–Crippen MR) is 127 cm³/mol. The molecule has 2 aromatic carbocycles. The van der Waals surface area contributed by atoms with Crippen LogP contribution in [-0.4, -0.2) is 61.2 Å². The van der Waals surface area contributed by atoms with E-state index in [2.05, 4.69) is 27.8 Å². The van der Waals surface area contributed by atoms with Gasteiger partial charge in [-0.1, -0.05) is 12.1 Å². The second-order valence-electron chi connectivity index (χ2n) is 7.07. The fourth-order valence-electron chi connectivity index (χ4n) is 3.21. The van der Waals surface area contributed by atoms with Crippen LogP contribution < -0.4 is 29.6 Å². The van der Waals surface area contributed by atoms with E-state index in [4.69, 9.17) is 23.7 Å². The van der Waals surface area contributed by atoms with E-state index in [0.29, 0.717) is 44.4 Å². The zero-order valence-corrected chi connectivity index (χ0v) is 19.9. The number of nitrogens with zero attached hydrogens (tertiary/aromatic N) is 1. The third kappa shape index (κ3) is 7.23. The van der Waals surface area contributed by atoms with Gasteiger partial charge in [-0.25, -0.2) is 0 Å². The molecular weight excluding hydrogens is 410 g/mol. The van der Waals surface area contributed by atoms with E-state index in [-0.39, 0.29) is 0 Å². The topological polar surface area (TPSA) is 82.6 Å². The molecule has 0 spiro atoms. The van der Waals surface area contributed by atoms with Gasteiger partial charge in [0, 0.05) is 50.5 Å². The summed E-state index contributed by atoms with van der Waals surface area (Å²) in [5, 5.41) is 6.68. The summed E-state index contributed by atoms with van der Waals surface area (Å²) >= 11 is 0. The Morgan fingerprint density at radius 3 is 2.19 bits per heavy atom. The SMILES string of the molecule is CN=C(NCCc1c(OC)cc(OC)cc1OC)NCc1ccc(C)cc1OCCOC. The Bertz CT molecular complexity index is 861. The summed E-state index contributed by atoms with van der Waals surface area (Å²) in [6.45, 7) is 4.32. The Kier molecular flexibility index (Phi) is 10.5. The summed E-state index contributed by atoms with van der Waals surface area (Å²) in [7, 11) is 8.30. The van der Waals surface area contributed by atoms with Crippen molar-refractivity contribution in [3.05, 3.63) is 47.0 Å². The second-order valence-corrected chi connectivity index (χ2v) is 7.07. The zero-order valence-electron chi connectivity index (χ0n) is 19.9. The van der Waals surface area contributed by atoms with Crippen LogP contribution in [0.3, 0.4) is 0 Å². The Hall–Kier alpha value is -3.13. The normalized spacial score (nSPS) is 11.1. The van der Waals surface area contributed by atoms with Gasteiger partial charge in [-0.15, -0.1) is 0 Å². The lowest BCUT2D eigenvalue weighted by molar-refractivity contribution is 0.145. The summed E-state index contributed by atoms with van der Waals surface area (Å²) in [6.07, 6.45) is 0.687. The summed E-state index contributed by atoms with van der Waals surface area (Å²) in [5.74, 6) is 3.68. The lowest BCUT2D eigenvalue weighted by atomic mass is 10.1. The molecule has 32 heavy (non-hydrogen) atoms. The molecule has 0 aromatic heterocycles. The minimum atomic E-state index is 0.505. The Morgan fingerprint density at radius 2 is 1.59 bits per heavy atom. The molecule has 0 atom stereocenters. The number of guanidine groups is 1. The quantitative estimate of drug-likeness (QED) is 0.295. The maximum Gasteiger partial charge on any atom is 0.191 e. The lowest BCUT2D eigenvalue weighted by Crippen LogP contribution is -2.38. The molecule has 0 saturated carbocycles. The largest absolute Gasteiger partial charge is 0.496 e. The van der Waals surface area contributed by atoms with Crippen molar-refractivity contribution in [1.29, 1.82) is 0 Å². The van der Waals surface area contributed by atoms with Gasteiger partial charge >= 0.3 is 0 Å². The Morgan fingerprint density at radius 1 is 0.875 bits per heavy atom. The van der Waals surface area contributed by atoms with E-state index in [9.17, 15) is 0 Å². The molecule has 0 bridgehead atoms. The van der Waals surface area contributed by atoms with E-state index in [1.165, 1.54) is 0 Å². The first-order valence-corrected chi connectivity index (χ1v) is 10.5. The van der Waals surface area contributed by atoms with E-state index >= 15 is 0 Å². The van der Waals surface area contributed by atoms with Crippen molar-refractivity contribution in [1.82, 2.24) is 10.6 Å². The summed E-state index contributed by atoms with van der Waals surface area (Å²) in [6, 6.07) is 9.87. The van der Waals surface area contributed by atoms with Crippen molar-refractivity contribution < 1.29 is 23.7 Å². The molecule has 0 aliphatic heterocycles. The van der Waals surface area contributed by atoms with Crippen molar-refractivity contribution >= 4 is 5.96 Å². The summed E-state index contributed by atoms with van der Waals surface area (Å²) in [4.78, 5) is 4.32. The maximum atomic E-state index is 5.87. The van der Waals surface area contributed by atoms with Gasteiger partial charge in [0.2, 0.25) is 0 Å². The molecule has 2 rings (SSSR count). The first-order valence-electron chi connectivity index (χ1n) is 10.5. The Balaban J connectivity index is 1.98. The number of benzene rings is 2. The van der Waals surface area contributed by atoms with Crippen molar-refractivity contribution in [3.8, 4) is 23.0 Å². The fourth-order valence-corrected chi connectivity index (χ4v) is 3.21. The van der Waals surface area contributed by atoms with Crippen LogP contribution in [0.1, 0.15) is 16.7 Å². The van der Waals surface area contributed by atoms with Gasteiger partial charge in [0.05, 0.1) is 27.9 Å². The molecule has 8 nitrogen and oxygen atoms in total. The molecular formula is C24H35N3O5. The van der Waals surface area contributed by atoms with Crippen LogP contribution in [-0.2, 0) is 17.7 Å². The van der Waals surface area contributed by atoms with Gasteiger partial charge in [-0.2, -0.15) is 0 Å². The molecule has 0 heterocycles. The number of aryl methyl sites for hydroxylation is 1. The highest BCUT2D eigenvalue weighted by Gasteiger charge is 2.13. The van der Waals surface area contributed by atoms with E-state index < -0.39 is 0 Å². The number of nitrogens with one attached hydrogen (secondary N) is 2. The van der Waals surface area contributed by atoms with Crippen LogP contribution in [0, 0.1) is 6.92 Å². The minimum absolute atomic E-state index is 0.505. The van der Waals surface area contributed by atoms with Gasteiger partial charge in [-0.05, 0) is 25.0 Å². The second kappa shape index (κ2) is 13.3. The van der Waals surface area contributed by atoms with Gasteiger partial charge in [0.15, 0.2) is 5.96 Å². The smallest absolute Gasteiger partial charge is 0.191 e. The highest BCUT2D eigenvalue weighted by atomic mass is 16.5. The number of methoxy groups -OCH3 is 4. The average molecular weight is 446 g/mol. The third-order valence-electron chi connectivity index (χ3n) is 4.92. The van der Waals surface area contributed by atoms with Crippen molar-refractivity contribution in [3.63, 3.8) is 0 Å². The molecule has 8 heteroatoms. The maximum absolute atomic E-state index is 5.87. The molecule has 0 saturated heterocycles. The minimum Gasteiger partial charge on any atom is -0.496 e. The third-order valence-corrected chi connectivity index (χ3v) is 4.92. The standard InChI is InChI=1S/C24H35N3O5/c1-17-7-8-18(21(13-17)32-12-11-28-3)16-27-24(25-2)26-10-9-20-22(30-5)14-19(29-4)15-23(20)31-6/h7-8,13-15H,9-12,16H2,1-6H3,(H2,25,26,27). The van der Waals surface area contributed by atoms with Crippen LogP contribution in [0.15, 0.2) is 35.3 Å². The van der Waals surface area contributed by atoms with Crippen LogP contribution in [0.5, 0.6) is 23.0 Å². The summed E-state index contributed by atoms with van der Waals surface area (Å²) in [5.41, 5.74) is 3.16. The molecule has 0 aliphatic rings. The van der Waals surface area contributed by atoms with Crippen LogP contribution in [0.2, 0.25) is 0 Å². The monoisotopic (exact) mass is 445 g/mol. The van der Waals surface area contributed by atoms with E-state index in [1.807, 2.05) is 25.1 Å². The average Bonchev–Trinajstić information content (AvgIpc) is 2.81. The molecule has 176 valence electrons. The number of aliphatic imine (C=N–C) groups is 1. The summed E-state index contributed by atoms with van der Waals surface area (Å²) < 4.78 is 27.3. The van der Waals surface area contributed by atoms with Crippen LogP contribution >= 0.6 is 0 Å². The highest BCUT2D eigenvalue weighted by molar-refractivity contribution is 5.79. The number of hydrogen-bond acceptors (Lipinski definition) is 6. The van der Waals surface area contributed by atoms with E-state index in [0.717, 1.165) is 33.9 Å². The predicted octanol–water partition coefficient (Wildman–Crippen LogP) is 2.95. The van der Waals surface area contributed by atoms with Crippen molar-refractivity contribution in [2.75, 3.05) is 55.2 Å². The molecule has 0 aliphatic carbocycles. The van der Waals surface area contributed by atoms with Crippen LogP contribution in [0.25, 0.3) is 0 Å². The van der Waals surface area contributed by atoms with Crippen molar-refractivity contribution in [2.24, 2.45) is 4.99 Å². The molecule has 2 aromatic rings. The van der Waals surface area contributed by atoms with Crippen molar-refractivity contribution in [2.45, 2.75) is 19.9 Å². The fraction of sp³-hybridized carbons (Fsp3) is 0.458. The Labute approximate surface area is 190 Å². The molecule has 0 unspecified atom stereocenters. The highest BCUT2D eigenvalue weighted by Crippen LogP contribution is 2.34. The number of ether oxygens (including phenoxy) is 5. The van der Waals surface area contributed by atoms with Gasteiger partial charge in [-0.3, -0.25) is 4.99 Å². The van der Waals surface area contributed by atoms with Gasteiger partial charge in [0.1, 0.15) is 29.6 Å². The van der Waals surface area contributed by atoms with Crippen LogP contribution in [0.4, 0.5) is 0 Å². The lowest BCUT2D eigenvalue weighted by Gasteiger charge is -2.17. The zero-order chi connectivity index (χ0) is 23.3. The van der Waals surface area contributed by atoms with Gasteiger partial charge in [0.25, 0.3) is 0 Å². The first-order chi connectivity index (χ1) is 15.6. The number of hydrogen-bond donors (Lipinski definition) is 2. The molecule has 0 amide bonds. The number of rotatable bonds is 12. The van der Waals surface area contributed by atoms with E-state index in [1.54, 1.807) is 35.5 Å². The molecule has 0 radical (unpaired) electrons.